The van der Waals surface area contributed by atoms with Gasteiger partial charge >= 0.3 is 0 Å². The van der Waals surface area contributed by atoms with Gasteiger partial charge in [0.2, 0.25) is 5.89 Å². The van der Waals surface area contributed by atoms with Crippen molar-refractivity contribution in [2.24, 2.45) is 0 Å². The first-order valence-corrected chi connectivity index (χ1v) is 7.91. The molecule has 22 heavy (non-hydrogen) atoms. The molecular formula is C17H25N3O2. The number of rotatable bonds is 9. The summed E-state index contributed by atoms with van der Waals surface area (Å²) in [6.45, 7) is 4.96. The maximum Gasteiger partial charge on any atom is 0.226 e. The van der Waals surface area contributed by atoms with Gasteiger partial charge in [0.1, 0.15) is 5.75 Å². The maximum atomic E-state index is 5.58. The van der Waals surface area contributed by atoms with Crippen LogP contribution in [0, 0.1) is 0 Å². The molecule has 5 heteroatoms. The summed E-state index contributed by atoms with van der Waals surface area (Å²) in [5.41, 5.74) is 1.24. The zero-order valence-corrected chi connectivity index (χ0v) is 13.6. The van der Waals surface area contributed by atoms with Gasteiger partial charge in [-0.3, -0.25) is 0 Å². The second-order valence-corrected chi connectivity index (χ2v) is 5.49. The Morgan fingerprint density at radius 2 is 2.00 bits per heavy atom. The quantitative estimate of drug-likeness (QED) is 0.772. The Balaban J connectivity index is 1.82. The second-order valence-electron chi connectivity index (χ2n) is 5.49. The van der Waals surface area contributed by atoms with Crippen molar-refractivity contribution >= 4 is 0 Å². The van der Waals surface area contributed by atoms with E-state index in [0.29, 0.717) is 11.9 Å². The molecule has 1 aromatic heterocycles. The molecule has 0 fully saturated rings. The van der Waals surface area contributed by atoms with Crippen molar-refractivity contribution in [1.82, 2.24) is 15.5 Å². The predicted molar refractivity (Wildman–Crippen MR) is 86.2 cm³/mol. The number of hydrogen-bond donors (Lipinski definition) is 1. The van der Waals surface area contributed by atoms with E-state index < -0.39 is 0 Å². The number of hydrogen-bond acceptors (Lipinski definition) is 5. The predicted octanol–water partition coefficient (Wildman–Crippen LogP) is 2.79. The van der Waals surface area contributed by atoms with Crippen LogP contribution in [0.3, 0.4) is 0 Å². The van der Waals surface area contributed by atoms with Gasteiger partial charge in [-0.1, -0.05) is 24.2 Å². The number of aromatic nitrogens is 2. The largest absolute Gasteiger partial charge is 0.494 e. The van der Waals surface area contributed by atoms with Crippen molar-refractivity contribution in [3.8, 4) is 5.75 Å². The Hall–Kier alpha value is -1.88. The molecule has 2 aromatic rings. The zero-order chi connectivity index (χ0) is 15.8. The minimum Gasteiger partial charge on any atom is -0.494 e. The van der Waals surface area contributed by atoms with Gasteiger partial charge in [0.25, 0.3) is 0 Å². The molecule has 1 atom stereocenters. The molecule has 1 heterocycles. The number of likely N-dealkylation sites (N-methyl/N-ethyl adjacent to an activating group) is 1. The number of nitrogens with zero attached hydrogens (tertiary/aromatic N) is 2. The van der Waals surface area contributed by atoms with Gasteiger partial charge in [-0.25, -0.2) is 0 Å². The zero-order valence-electron chi connectivity index (χ0n) is 13.6. The fraction of sp³-hybridized carbons (Fsp3) is 0.529. The third-order valence-corrected chi connectivity index (χ3v) is 3.52. The Labute approximate surface area is 132 Å². The molecule has 0 aliphatic carbocycles. The van der Waals surface area contributed by atoms with Crippen molar-refractivity contribution in [2.45, 2.75) is 45.6 Å². The first-order chi connectivity index (χ1) is 10.7. The van der Waals surface area contributed by atoms with Gasteiger partial charge in [-0.15, -0.1) is 0 Å². The second kappa shape index (κ2) is 8.54. The fourth-order valence-electron chi connectivity index (χ4n) is 2.07. The van der Waals surface area contributed by atoms with Crippen molar-refractivity contribution < 1.29 is 9.26 Å². The molecule has 0 amide bonds. The molecule has 0 saturated carbocycles. The van der Waals surface area contributed by atoms with Crippen LogP contribution in [0.2, 0.25) is 0 Å². The minimum absolute atomic E-state index is 0.348. The maximum absolute atomic E-state index is 5.58. The molecule has 0 saturated heterocycles. The molecule has 5 nitrogen and oxygen atoms in total. The summed E-state index contributed by atoms with van der Waals surface area (Å²) in [4.78, 5) is 4.43. The number of benzene rings is 1. The van der Waals surface area contributed by atoms with E-state index in [9.17, 15) is 0 Å². The number of ether oxygens (including phenoxy) is 1. The monoisotopic (exact) mass is 303 g/mol. The Bertz CT molecular complexity index is 551. The molecule has 1 aromatic carbocycles. The van der Waals surface area contributed by atoms with E-state index in [1.54, 1.807) is 0 Å². The van der Waals surface area contributed by atoms with Gasteiger partial charge in [0.15, 0.2) is 5.82 Å². The summed E-state index contributed by atoms with van der Waals surface area (Å²) < 4.78 is 10.9. The van der Waals surface area contributed by atoms with Gasteiger partial charge in [0.05, 0.1) is 6.61 Å². The van der Waals surface area contributed by atoms with E-state index in [4.69, 9.17) is 9.26 Å². The summed E-state index contributed by atoms with van der Waals surface area (Å²) in [7, 11) is 1.93. The smallest absolute Gasteiger partial charge is 0.226 e. The molecule has 1 unspecified atom stereocenters. The summed E-state index contributed by atoms with van der Waals surface area (Å²) in [5, 5.41) is 7.18. The van der Waals surface area contributed by atoms with Crippen LogP contribution in [0.4, 0.5) is 0 Å². The standard InChI is InChI=1S/C17H25N3O2/c1-4-11-21-15-8-5-14(6-9-15)7-10-17-19-16(20-22-17)12-13(2)18-3/h5-6,8-9,13,18H,4,7,10-12H2,1-3H3. The fourth-order valence-corrected chi connectivity index (χ4v) is 2.07. The first-order valence-electron chi connectivity index (χ1n) is 7.91. The van der Waals surface area contributed by atoms with Crippen molar-refractivity contribution in [3.63, 3.8) is 0 Å². The Morgan fingerprint density at radius 3 is 2.68 bits per heavy atom. The average Bonchev–Trinajstić information content (AvgIpc) is 2.99. The highest BCUT2D eigenvalue weighted by Crippen LogP contribution is 2.14. The van der Waals surface area contributed by atoms with E-state index in [2.05, 4.69) is 41.4 Å². The summed E-state index contributed by atoms with van der Waals surface area (Å²) >= 11 is 0. The van der Waals surface area contributed by atoms with Gasteiger partial charge < -0.3 is 14.6 Å². The van der Waals surface area contributed by atoms with Crippen LogP contribution in [0.5, 0.6) is 5.75 Å². The van der Waals surface area contributed by atoms with Crippen LogP contribution < -0.4 is 10.1 Å². The van der Waals surface area contributed by atoms with Crippen LogP contribution in [0.15, 0.2) is 28.8 Å². The normalized spacial score (nSPS) is 12.3. The van der Waals surface area contributed by atoms with Crippen LogP contribution in [0.1, 0.15) is 37.5 Å². The van der Waals surface area contributed by atoms with E-state index in [1.807, 2.05) is 19.2 Å². The van der Waals surface area contributed by atoms with E-state index >= 15 is 0 Å². The van der Waals surface area contributed by atoms with Crippen LogP contribution in [-0.4, -0.2) is 29.8 Å². The molecule has 2 rings (SSSR count). The van der Waals surface area contributed by atoms with Crippen LogP contribution in [0.25, 0.3) is 0 Å². The van der Waals surface area contributed by atoms with Gasteiger partial charge in [-0.2, -0.15) is 4.98 Å². The molecule has 0 spiro atoms. The molecular weight excluding hydrogens is 278 g/mol. The lowest BCUT2D eigenvalue weighted by atomic mass is 10.1. The third-order valence-electron chi connectivity index (χ3n) is 3.52. The van der Waals surface area contributed by atoms with E-state index in [0.717, 1.165) is 43.9 Å². The first kappa shape index (κ1) is 16.5. The molecule has 120 valence electrons. The van der Waals surface area contributed by atoms with Gasteiger partial charge in [-0.05, 0) is 44.5 Å². The molecule has 1 N–H and O–H groups in total. The lowest BCUT2D eigenvalue weighted by molar-refractivity contribution is 0.317. The topological polar surface area (TPSA) is 60.2 Å². The summed E-state index contributed by atoms with van der Waals surface area (Å²) in [6, 6.07) is 8.55. The van der Waals surface area contributed by atoms with E-state index in [1.165, 1.54) is 5.56 Å². The van der Waals surface area contributed by atoms with Crippen molar-refractivity contribution in [2.75, 3.05) is 13.7 Å². The average molecular weight is 303 g/mol. The lowest BCUT2D eigenvalue weighted by Gasteiger charge is -2.05. The number of nitrogens with one attached hydrogen (secondary N) is 1. The highest BCUT2D eigenvalue weighted by Gasteiger charge is 2.09. The molecule has 0 aliphatic rings. The van der Waals surface area contributed by atoms with Crippen LogP contribution in [-0.2, 0) is 19.3 Å². The van der Waals surface area contributed by atoms with Crippen LogP contribution >= 0.6 is 0 Å². The molecule has 0 radical (unpaired) electrons. The SMILES string of the molecule is CCCOc1ccc(CCc2nc(CC(C)NC)no2)cc1. The van der Waals surface area contributed by atoms with Crippen molar-refractivity contribution in [3.05, 3.63) is 41.5 Å². The Morgan fingerprint density at radius 1 is 1.23 bits per heavy atom. The molecule has 0 aliphatic heterocycles. The summed E-state index contributed by atoms with van der Waals surface area (Å²) in [6.07, 6.45) is 3.45. The van der Waals surface area contributed by atoms with Gasteiger partial charge in [0, 0.05) is 18.9 Å². The lowest BCUT2D eigenvalue weighted by Crippen LogP contribution is -2.24. The number of aryl methyl sites for hydroxylation is 2. The third kappa shape index (κ3) is 5.15. The molecule has 0 bridgehead atoms. The highest BCUT2D eigenvalue weighted by atomic mass is 16.5. The Kier molecular flexibility index (Phi) is 6.40. The highest BCUT2D eigenvalue weighted by molar-refractivity contribution is 5.27. The summed E-state index contributed by atoms with van der Waals surface area (Å²) in [5.74, 6) is 2.39. The van der Waals surface area contributed by atoms with Crippen molar-refractivity contribution in [1.29, 1.82) is 0 Å². The van der Waals surface area contributed by atoms with E-state index in [-0.39, 0.29) is 0 Å². The minimum atomic E-state index is 0.348.